The van der Waals surface area contributed by atoms with Crippen LogP contribution in [0.15, 0.2) is 36.5 Å². The molecule has 1 amide bonds. The van der Waals surface area contributed by atoms with Gasteiger partial charge in [0, 0.05) is 18.1 Å². The molecule has 0 bridgehead atoms. The predicted octanol–water partition coefficient (Wildman–Crippen LogP) is 2.53. The van der Waals surface area contributed by atoms with Crippen LogP contribution in [0.4, 0.5) is 0 Å². The minimum atomic E-state index is 0.213. The van der Waals surface area contributed by atoms with Crippen molar-refractivity contribution in [3.05, 3.63) is 42.1 Å². The molecular weight excluding hydrogens is 212 g/mol. The average molecular weight is 226 g/mol. The van der Waals surface area contributed by atoms with Gasteiger partial charge in [-0.2, -0.15) is 0 Å². The normalized spacial score (nSPS) is 19.8. The van der Waals surface area contributed by atoms with Crippen LogP contribution in [0, 0.1) is 0 Å². The monoisotopic (exact) mass is 226 g/mol. The maximum atomic E-state index is 11.0. The highest BCUT2D eigenvalue weighted by molar-refractivity contribution is 5.78. The van der Waals surface area contributed by atoms with Crippen LogP contribution in [0.2, 0.25) is 0 Å². The number of carbonyl (C=O) groups is 1. The lowest BCUT2D eigenvalue weighted by atomic mass is 10.0. The molecule has 1 fully saturated rings. The van der Waals surface area contributed by atoms with Gasteiger partial charge in [-0.25, -0.2) is 0 Å². The molecule has 17 heavy (non-hydrogen) atoms. The molecule has 2 heterocycles. The van der Waals surface area contributed by atoms with Crippen LogP contribution in [-0.4, -0.2) is 22.8 Å². The largest absolute Gasteiger partial charge is 0.338 e. The van der Waals surface area contributed by atoms with Crippen LogP contribution in [0.1, 0.15) is 24.4 Å². The average Bonchev–Trinajstić information content (AvgIpc) is 2.86. The number of hydrogen-bond acceptors (Lipinski definition) is 2. The molecule has 1 saturated heterocycles. The highest BCUT2D eigenvalue weighted by atomic mass is 16.1. The topological polar surface area (TPSA) is 33.2 Å². The number of likely N-dealkylation sites (tertiary alicyclic amines) is 1. The second-order valence-electron chi connectivity index (χ2n) is 4.46. The van der Waals surface area contributed by atoms with E-state index < -0.39 is 0 Å². The van der Waals surface area contributed by atoms with Gasteiger partial charge < -0.3 is 4.90 Å². The molecule has 3 nitrogen and oxygen atoms in total. The molecule has 1 atom stereocenters. The molecule has 0 N–H and O–H groups in total. The Morgan fingerprint density at radius 2 is 2.24 bits per heavy atom. The molecule has 0 saturated carbocycles. The Balaban J connectivity index is 2.02. The molecule has 1 aliphatic heterocycles. The van der Waals surface area contributed by atoms with E-state index in [2.05, 4.69) is 17.1 Å². The zero-order chi connectivity index (χ0) is 11.7. The van der Waals surface area contributed by atoms with Gasteiger partial charge in [0.05, 0.1) is 11.6 Å². The van der Waals surface area contributed by atoms with Crippen LogP contribution in [0.25, 0.3) is 10.9 Å². The van der Waals surface area contributed by atoms with Crippen LogP contribution in [0.3, 0.4) is 0 Å². The first-order valence-corrected chi connectivity index (χ1v) is 5.94. The standard InChI is InChI=1S/C14H14N2O/c17-10-16-7-3-6-14(16)12-8-11-4-1-2-5-13(11)15-9-12/h1-2,4-5,8-10,14H,3,6-7H2. The fraction of sp³-hybridized carbons (Fsp3) is 0.286. The summed E-state index contributed by atoms with van der Waals surface area (Å²) in [6.07, 6.45) is 4.97. The number of carbonyl (C=O) groups excluding carboxylic acids is 1. The third-order valence-corrected chi connectivity index (χ3v) is 3.43. The van der Waals surface area contributed by atoms with Crippen molar-refractivity contribution in [1.29, 1.82) is 0 Å². The summed E-state index contributed by atoms with van der Waals surface area (Å²) >= 11 is 0. The Kier molecular flexibility index (Phi) is 2.52. The fourth-order valence-corrected chi connectivity index (χ4v) is 2.54. The highest BCUT2D eigenvalue weighted by Crippen LogP contribution is 2.31. The van der Waals surface area contributed by atoms with E-state index in [9.17, 15) is 4.79 Å². The zero-order valence-corrected chi connectivity index (χ0v) is 9.54. The van der Waals surface area contributed by atoms with E-state index in [1.807, 2.05) is 29.3 Å². The lowest BCUT2D eigenvalue weighted by molar-refractivity contribution is -0.118. The molecular formula is C14H14N2O. The van der Waals surface area contributed by atoms with Gasteiger partial charge >= 0.3 is 0 Å². The third kappa shape index (κ3) is 1.78. The summed E-state index contributed by atoms with van der Waals surface area (Å²) in [5, 5.41) is 1.14. The summed E-state index contributed by atoms with van der Waals surface area (Å²) in [4.78, 5) is 17.3. The van der Waals surface area contributed by atoms with Crippen LogP contribution < -0.4 is 0 Å². The maximum absolute atomic E-state index is 11.0. The van der Waals surface area contributed by atoms with Crippen molar-refractivity contribution < 1.29 is 4.79 Å². The summed E-state index contributed by atoms with van der Waals surface area (Å²) in [5.41, 5.74) is 2.15. The molecule has 1 aromatic heterocycles. The van der Waals surface area contributed by atoms with E-state index in [4.69, 9.17) is 0 Å². The quantitative estimate of drug-likeness (QED) is 0.737. The number of nitrogens with zero attached hydrogens (tertiary/aromatic N) is 2. The van der Waals surface area contributed by atoms with E-state index in [1.165, 1.54) is 0 Å². The minimum absolute atomic E-state index is 0.213. The van der Waals surface area contributed by atoms with Crippen molar-refractivity contribution in [2.24, 2.45) is 0 Å². The van der Waals surface area contributed by atoms with Gasteiger partial charge in [0.25, 0.3) is 0 Å². The van der Waals surface area contributed by atoms with Crippen molar-refractivity contribution in [1.82, 2.24) is 9.88 Å². The second-order valence-corrected chi connectivity index (χ2v) is 4.46. The first kappa shape index (κ1) is 10.3. The molecule has 1 aromatic carbocycles. The van der Waals surface area contributed by atoms with E-state index in [1.54, 1.807) is 0 Å². The molecule has 3 heteroatoms. The summed E-state index contributed by atoms with van der Waals surface area (Å²) in [6, 6.07) is 10.4. The van der Waals surface area contributed by atoms with E-state index >= 15 is 0 Å². The van der Waals surface area contributed by atoms with E-state index in [-0.39, 0.29) is 6.04 Å². The molecule has 1 aliphatic rings. The Morgan fingerprint density at radius 3 is 3.12 bits per heavy atom. The van der Waals surface area contributed by atoms with Crippen LogP contribution in [-0.2, 0) is 4.79 Å². The molecule has 2 aromatic rings. The molecule has 3 rings (SSSR count). The number of rotatable bonds is 2. The van der Waals surface area contributed by atoms with Gasteiger partial charge in [0.15, 0.2) is 0 Å². The Bertz CT molecular complexity index is 553. The molecule has 0 spiro atoms. The lowest BCUT2D eigenvalue weighted by Crippen LogP contribution is -2.21. The van der Waals surface area contributed by atoms with Crippen LogP contribution in [0.5, 0.6) is 0 Å². The Hall–Kier alpha value is -1.90. The van der Waals surface area contributed by atoms with Gasteiger partial charge in [-0.3, -0.25) is 9.78 Å². The van der Waals surface area contributed by atoms with Gasteiger partial charge in [0.1, 0.15) is 0 Å². The number of pyridine rings is 1. The number of aromatic nitrogens is 1. The number of para-hydroxylation sites is 1. The number of hydrogen-bond donors (Lipinski definition) is 0. The summed E-state index contributed by atoms with van der Waals surface area (Å²) in [7, 11) is 0. The third-order valence-electron chi connectivity index (χ3n) is 3.43. The van der Waals surface area contributed by atoms with Gasteiger partial charge in [-0.1, -0.05) is 18.2 Å². The smallest absolute Gasteiger partial charge is 0.210 e. The van der Waals surface area contributed by atoms with Crippen molar-refractivity contribution >= 4 is 17.3 Å². The van der Waals surface area contributed by atoms with E-state index in [0.717, 1.165) is 42.3 Å². The second kappa shape index (κ2) is 4.17. The molecule has 0 radical (unpaired) electrons. The fourth-order valence-electron chi connectivity index (χ4n) is 2.54. The lowest BCUT2D eigenvalue weighted by Gasteiger charge is -2.20. The summed E-state index contributed by atoms with van der Waals surface area (Å²) in [5.74, 6) is 0. The predicted molar refractivity (Wildman–Crippen MR) is 66.5 cm³/mol. The first-order valence-electron chi connectivity index (χ1n) is 5.94. The van der Waals surface area contributed by atoms with Crippen molar-refractivity contribution in [2.75, 3.05) is 6.54 Å². The Morgan fingerprint density at radius 1 is 1.35 bits per heavy atom. The Labute approximate surface area is 100 Å². The zero-order valence-electron chi connectivity index (χ0n) is 9.54. The maximum Gasteiger partial charge on any atom is 0.210 e. The van der Waals surface area contributed by atoms with Crippen molar-refractivity contribution in [3.8, 4) is 0 Å². The number of amides is 1. The van der Waals surface area contributed by atoms with Gasteiger partial charge in [-0.15, -0.1) is 0 Å². The van der Waals surface area contributed by atoms with Gasteiger partial charge in [0.2, 0.25) is 6.41 Å². The van der Waals surface area contributed by atoms with E-state index in [0.29, 0.717) is 0 Å². The molecule has 1 unspecified atom stereocenters. The molecule has 0 aliphatic carbocycles. The number of fused-ring (bicyclic) bond motifs is 1. The molecule has 86 valence electrons. The highest BCUT2D eigenvalue weighted by Gasteiger charge is 2.24. The minimum Gasteiger partial charge on any atom is -0.338 e. The van der Waals surface area contributed by atoms with Crippen LogP contribution >= 0.6 is 0 Å². The number of benzene rings is 1. The SMILES string of the molecule is O=CN1CCCC1c1cnc2ccccc2c1. The van der Waals surface area contributed by atoms with Gasteiger partial charge in [-0.05, 0) is 30.5 Å². The van der Waals surface area contributed by atoms with Crippen molar-refractivity contribution in [3.63, 3.8) is 0 Å². The van der Waals surface area contributed by atoms with Crippen molar-refractivity contribution in [2.45, 2.75) is 18.9 Å². The summed E-state index contributed by atoms with van der Waals surface area (Å²) < 4.78 is 0. The first-order chi connectivity index (χ1) is 8.38. The summed E-state index contributed by atoms with van der Waals surface area (Å²) in [6.45, 7) is 0.862.